The van der Waals surface area contributed by atoms with Gasteiger partial charge in [-0.3, -0.25) is 4.90 Å². The van der Waals surface area contributed by atoms with Crippen molar-refractivity contribution < 1.29 is 9.47 Å². The molecule has 2 rings (SSSR count). The molecule has 0 spiro atoms. The van der Waals surface area contributed by atoms with Gasteiger partial charge in [0.25, 0.3) is 0 Å². The van der Waals surface area contributed by atoms with E-state index >= 15 is 0 Å². The minimum Gasteiger partial charge on any atom is -0.495 e. The molecule has 0 aliphatic carbocycles. The smallest absolute Gasteiger partial charge is 0.136 e. The molecule has 1 heterocycles. The van der Waals surface area contributed by atoms with Crippen LogP contribution in [0, 0.1) is 11.3 Å². The summed E-state index contributed by atoms with van der Waals surface area (Å²) in [5.74, 6) is 0.652. The second-order valence-corrected chi connectivity index (χ2v) is 5.28. The SMILES string of the molecule is CCC1COC(C)CN1Cc1ccc(C#N)c(OC)c1. The fourth-order valence-corrected chi connectivity index (χ4v) is 2.64. The average molecular weight is 274 g/mol. The van der Waals surface area contributed by atoms with Crippen LogP contribution < -0.4 is 4.74 Å². The highest BCUT2D eigenvalue weighted by Crippen LogP contribution is 2.23. The number of ether oxygens (including phenoxy) is 2. The maximum Gasteiger partial charge on any atom is 0.136 e. The lowest BCUT2D eigenvalue weighted by Crippen LogP contribution is -2.47. The third-order valence-electron chi connectivity index (χ3n) is 3.82. The van der Waals surface area contributed by atoms with Gasteiger partial charge in [0.2, 0.25) is 0 Å². The lowest BCUT2D eigenvalue weighted by atomic mass is 10.1. The number of methoxy groups -OCH3 is 1. The number of hydrogen-bond donors (Lipinski definition) is 0. The van der Waals surface area contributed by atoms with Gasteiger partial charge in [0.15, 0.2) is 0 Å². The zero-order valence-electron chi connectivity index (χ0n) is 12.4. The summed E-state index contributed by atoms with van der Waals surface area (Å²) in [6.45, 7) is 6.91. The molecule has 0 radical (unpaired) electrons. The van der Waals surface area contributed by atoms with Gasteiger partial charge < -0.3 is 9.47 Å². The van der Waals surface area contributed by atoms with E-state index in [2.05, 4.69) is 24.8 Å². The summed E-state index contributed by atoms with van der Waals surface area (Å²) in [5, 5.41) is 9.02. The van der Waals surface area contributed by atoms with Gasteiger partial charge in [-0.1, -0.05) is 13.0 Å². The molecule has 0 saturated carbocycles. The first-order chi connectivity index (χ1) is 9.67. The number of hydrogen-bond acceptors (Lipinski definition) is 4. The van der Waals surface area contributed by atoms with Gasteiger partial charge in [-0.25, -0.2) is 0 Å². The molecule has 1 fully saturated rings. The van der Waals surface area contributed by atoms with Gasteiger partial charge in [0, 0.05) is 19.1 Å². The molecule has 4 heteroatoms. The Labute approximate surface area is 120 Å². The number of rotatable bonds is 4. The van der Waals surface area contributed by atoms with Crippen molar-refractivity contribution in [3.8, 4) is 11.8 Å². The van der Waals surface area contributed by atoms with Crippen molar-refractivity contribution >= 4 is 0 Å². The van der Waals surface area contributed by atoms with Gasteiger partial charge in [0.1, 0.15) is 11.8 Å². The highest BCUT2D eigenvalue weighted by molar-refractivity contribution is 5.45. The van der Waals surface area contributed by atoms with Crippen molar-refractivity contribution in [1.29, 1.82) is 5.26 Å². The predicted octanol–water partition coefficient (Wildman–Crippen LogP) is 2.57. The Balaban J connectivity index is 2.14. The van der Waals surface area contributed by atoms with E-state index < -0.39 is 0 Å². The number of benzene rings is 1. The highest BCUT2D eigenvalue weighted by Gasteiger charge is 2.25. The fourth-order valence-electron chi connectivity index (χ4n) is 2.64. The van der Waals surface area contributed by atoms with E-state index in [0.717, 1.165) is 26.1 Å². The van der Waals surface area contributed by atoms with E-state index in [0.29, 0.717) is 17.4 Å². The molecule has 20 heavy (non-hydrogen) atoms. The van der Waals surface area contributed by atoms with Crippen LogP contribution in [0.1, 0.15) is 31.4 Å². The van der Waals surface area contributed by atoms with Crippen LogP contribution in [-0.2, 0) is 11.3 Å². The summed E-state index contributed by atoms with van der Waals surface area (Å²) in [4.78, 5) is 2.45. The van der Waals surface area contributed by atoms with E-state index in [9.17, 15) is 0 Å². The predicted molar refractivity (Wildman–Crippen MR) is 77.6 cm³/mol. The van der Waals surface area contributed by atoms with Crippen molar-refractivity contribution in [1.82, 2.24) is 4.90 Å². The van der Waals surface area contributed by atoms with Gasteiger partial charge >= 0.3 is 0 Å². The van der Waals surface area contributed by atoms with Crippen LogP contribution in [0.5, 0.6) is 5.75 Å². The van der Waals surface area contributed by atoms with Gasteiger partial charge in [0.05, 0.1) is 25.4 Å². The molecule has 1 aliphatic rings. The van der Waals surface area contributed by atoms with E-state index in [1.807, 2.05) is 18.2 Å². The first-order valence-electron chi connectivity index (χ1n) is 7.10. The Morgan fingerprint density at radius 2 is 2.30 bits per heavy atom. The fraction of sp³-hybridized carbons (Fsp3) is 0.562. The summed E-state index contributed by atoms with van der Waals surface area (Å²) in [7, 11) is 1.60. The third-order valence-corrected chi connectivity index (χ3v) is 3.82. The van der Waals surface area contributed by atoms with Crippen LogP contribution in [0.4, 0.5) is 0 Å². The standard InChI is InChI=1S/C16H22N2O2/c1-4-15-11-20-12(2)9-18(15)10-13-5-6-14(8-17)16(7-13)19-3/h5-7,12,15H,4,9-11H2,1-3H3. The maximum absolute atomic E-state index is 9.02. The largest absolute Gasteiger partial charge is 0.495 e. The highest BCUT2D eigenvalue weighted by atomic mass is 16.5. The van der Waals surface area contributed by atoms with Crippen molar-refractivity contribution in [2.75, 3.05) is 20.3 Å². The van der Waals surface area contributed by atoms with E-state index in [4.69, 9.17) is 14.7 Å². The Kier molecular flexibility index (Phi) is 4.99. The first kappa shape index (κ1) is 14.8. The van der Waals surface area contributed by atoms with E-state index in [-0.39, 0.29) is 6.10 Å². The normalized spacial score (nSPS) is 23.3. The van der Waals surface area contributed by atoms with Gasteiger partial charge in [-0.2, -0.15) is 5.26 Å². The van der Waals surface area contributed by atoms with E-state index in [1.54, 1.807) is 7.11 Å². The molecule has 1 aromatic rings. The van der Waals surface area contributed by atoms with Crippen LogP contribution in [0.15, 0.2) is 18.2 Å². The van der Waals surface area contributed by atoms with Crippen LogP contribution in [0.3, 0.4) is 0 Å². The maximum atomic E-state index is 9.02. The van der Waals surface area contributed by atoms with Crippen LogP contribution in [-0.4, -0.2) is 37.3 Å². The van der Waals surface area contributed by atoms with Crippen molar-refractivity contribution in [2.24, 2.45) is 0 Å². The summed E-state index contributed by atoms with van der Waals surface area (Å²) >= 11 is 0. The lowest BCUT2D eigenvalue weighted by molar-refractivity contribution is -0.0592. The second-order valence-electron chi connectivity index (χ2n) is 5.28. The molecular weight excluding hydrogens is 252 g/mol. The summed E-state index contributed by atoms with van der Waals surface area (Å²) in [6.07, 6.45) is 1.36. The van der Waals surface area contributed by atoms with Crippen molar-refractivity contribution in [2.45, 2.75) is 39.0 Å². The summed E-state index contributed by atoms with van der Waals surface area (Å²) in [6, 6.07) is 8.42. The summed E-state index contributed by atoms with van der Waals surface area (Å²) in [5.41, 5.74) is 1.76. The first-order valence-corrected chi connectivity index (χ1v) is 7.10. The lowest BCUT2D eigenvalue weighted by Gasteiger charge is -2.38. The molecule has 1 aliphatic heterocycles. The van der Waals surface area contributed by atoms with Crippen molar-refractivity contribution in [3.63, 3.8) is 0 Å². The molecule has 2 unspecified atom stereocenters. The molecule has 108 valence electrons. The third kappa shape index (κ3) is 3.30. The average Bonchev–Trinajstić information content (AvgIpc) is 2.47. The minimum absolute atomic E-state index is 0.276. The van der Waals surface area contributed by atoms with Gasteiger partial charge in [-0.05, 0) is 31.0 Å². The Morgan fingerprint density at radius 3 is 2.95 bits per heavy atom. The quantitative estimate of drug-likeness (QED) is 0.846. The second kappa shape index (κ2) is 6.74. The van der Waals surface area contributed by atoms with Crippen LogP contribution in [0.25, 0.3) is 0 Å². The van der Waals surface area contributed by atoms with Crippen molar-refractivity contribution in [3.05, 3.63) is 29.3 Å². The minimum atomic E-state index is 0.276. The van der Waals surface area contributed by atoms with Crippen LogP contribution >= 0.6 is 0 Å². The Bertz CT molecular complexity index is 496. The molecule has 0 aromatic heterocycles. The number of nitriles is 1. The Morgan fingerprint density at radius 1 is 1.50 bits per heavy atom. The molecule has 2 atom stereocenters. The number of nitrogens with zero attached hydrogens (tertiary/aromatic N) is 2. The Hall–Kier alpha value is -1.57. The molecule has 0 bridgehead atoms. The number of morpholine rings is 1. The molecule has 4 nitrogen and oxygen atoms in total. The molecule has 1 aromatic carbocycles. The topological polar surface area (TPSA) is 45.5 Å². The zero-order chi connectivity index (χ0) is 14.5. The van der Waals surface area contributed by atoms with Crippen LogP contribution in [0.2, 0.25) is 0 Å². The summed E-state index contributed by atoms with van der Waals surface area (Å²) < 4.78 is 11.0. The zero-order valence-corrected chi connectivity index (χ0v) is 12.4. The van der Waals surface area contributed by atoms with Gasteiger partial charge in [-0.15, -0.1) is 0 Å². The van der Waals surface area contributed by atoms with E-state index in [1.165, 1.54) is 5.56 Å². The molecule has 0 N–H and O–H groups in total. The molecule has 0 amide bonds. The molecule has 1 saturated heterocycles. The molecular formula is C16H22N2O2. The monoisotopic (exact) mass is 274 g/mol.